The maximum absolute atomic E-state index is 13.0. The minimum Gasteiger partial charge on any atom is -0.397 e. The molecule has 0 saturated carbocycles. The number of anilines is 2. The Bertz CT molecular complexity index is 628. The molecule has 2 rings (SSSR count). The van der Waals surface area contributed by atoms with E-state index in [9.17, 15) is 9.18 Å². The summed E-state index contributed by atoms with van der Waals surface area (Å²) >= 11 is 0. The Morgan fingerprint density at radius 1 is 1.25 bits per heavy atom. The van der Waals surface area contributed by atoms with E-state index in [0.29, 0.717) is 16.9 Å². The Balaban J connectivity index is 1.92. The second-order valence-corrected chi connectivity index (χ2v) is 4.53. The predicted octanol–water partition coefficient (Wildman–Crippen LogP) is 3.04. The van der Waals surface area contributed by atoms with Crippen LogP contribution in [0.4, 0.5) is 20.6 Å². The van der Waals surface area contributed by atoms with Gasteiger partial charge in [-0.15, -0.1) is 0 Å². The summed E-state index contributed by atoms with van der Waals surface area (Å²) < 4.78 is 13.0. The highest BCUT2D eigenvalue weighted by Crippen LogP contribution is 2.19. The molecule has 0 aliphatic carbocycles. The molecule has 0 atom stereocenters. The minimum absolute atomic E-state index is 0.245. The quantitative estimate of drug-likeness (QED) is 0.752. The molecular weight excluding hydrogens is 257 g/mol. The lowest BCUT2D eigenvalue weighted by molar-refractivity contribution is 0.251. The van der Waals surface area contributed by atoms with E-state index >= 15 is 0 Å². The van der Waals surface area contributed by atoms with Gasteiger partial charge in [-0.2, -0.15) is 0 Å². The first kappa shape index (κ1) is 13.9. The smallest absolute Gasteiger partial charge is 0.319 e. The van der Waals surface area contributed by atoms with Crippen molar-refractivity contribution in [2.24, 2.45) is 0 Å². The SMILES string of the molecule is Cc1ccc(NC(=O)NCc2cccc(F)c2)c(N)c1. The molecule has 0 spiro atoms. The zero-order chi connectivity index (χ0) is 14.5. The van der Waals surface area contributed by atoms with Crippen molar-refractivity contribution in [2.45, 2.75) is 13.5 Å². The van der Waals surface area contributed by atoms with E-state index in [1.807, 2.05) is 13.0 Å². The summed E-state index contributed by atoms with van der Waals surface area (Å²) in [5, 5.41) is 5.30. The number of carbonyl (C=O) groups is 1. The molecule has 0 aliphatic heterocycles. The zero-order valence-corrected chi connectivity index (χ0v) is 11.1. The topological polar surface area (TPSA) is 67.2 Å². The summed E-state index contributed by atoms with van der Waals surface area (Å²) in [6, 6.07) is 11.1. The molecule has 2 aromatic rings. The second kappa shape index (κ2) is 6.06. The molecule has 5 heteroatoms. The lowest BCUT2D eigenvalue weighted by atomic mass is 10.2. The van der Waals surface area contributed by atoms with E-state index in [-0.39, 0.29) is 18.4 Å². The van der Waals surface area contributed by atoms with Crippen molar-refractivity contribution >= 4 is 17.4 Å². The van der Waals surface area contributed by atoms with Crippen LogP contribution in [-0.4, -0.2) is 6.03 Å². The van der Waals surface area contributed by atoms with E-state index in [0.717, 1.165) is 5.56 Å². The second-order valence-electron chi connectivity index (χ2n) is 4.53. The highest BCUT2D eigenvalue weighted by Gasteiger charge is 2.05. The third kappa shape index (κ3) is 3.71. The number of hydrogen-bond donors (Lipinski definition) is 3. The minimum atomic E-state index is -0.384. The average Bonchev–Trinajstić information content (AvgIpc) is 2.40. The van der Waals surface area contributed by atoms with Crippen LogP contribution in [0.1, 0.15) is 11.1 Å². The van der Waals surface area contributed by atoms with E-state index in [2.05, 4.69) is 10.6 Å². The van der Waals surface area contributed by atoms with Crippen molar-refractivity contribution in [3.05, 3.63) is 59.4 Å². The van der Waals surface area contributed by atoms with Crippen LogP contribution in [-0.2, 0) is 6.54 Å². The Morgan fingerprint density at radius 2 is 2.05 bits per heavy atom. The molecule has 0 unspecified atom stereocenters. The Hall–Kier alpha value is -2.56. The highest BCUT2D eigenvalue weighted by atomic mass is 19.1. The highest BCUT2D eigenvalue weighted by molar-refractivity contribution is 5.92. The number of nitrogens with two attached hydrogens (primary N) is 1. The number of amides is 2. The first-order chi connectivity index (χ1) is 9.54. The molecule has 104 valence electrons. The maximum Gasteiger partial charge on any atom is 0.319 e. The summed E-state index contributed by atoms with van der Waals surface area (Å²) in [5.74, 6) is -0.326. The summed E-state index contributed by atoms with van der Waals surface area (Å²) in [6.45, 7) is 2.17. The number of nitrogen functional groups attached to an aromatic ring is 1. The zero-order valence-electron chi connectivity index (χ0n) is 11.1. The number of urea groups is 1. The van der Waals surface area contributed by atoms with Crippen molar-refractivity contribution in [3.63, 3.8) is 0 Å². The van der Waals surface area contributed by atoms with Crippen LogP contribution in [0.15, 0.2) is 42.5 Å². The summed E-state index contributed by atoms with van der Waals surface area (Å²) in [7, 11) is 0. The van der Waals surface area contributed by atoms with Crippen LogP contribution in [0.2, 0.25) is 0 Å². The van der Waals surface area contributed by atoms with Crippen LogP contribution in [0, 0.1) is 12.7 Å². The molecule has 0 heterocycles. The number of carbonyl (C=O) groups excluding carboxylic acids is 1. The number of halogens is 1. The van der Waals surface area contributed by atoms with Crippen LogP contribution in [0.5, 0.6) is 0 Å². The average molecular weight is 273 g/mol. The molecule has 0 saturated heterocycles. The third-order valence-corrected chi connectivity index (χ3v) is 2.80. The Kier molecular flexibility index (Phi) is 4.20. The van der Waals surface area contributed by atoms with Crippen LogP contribution < -0.4 is 16.4 Å². The molecule has 2 amide bonds. The van der Waals surface area contributed by atoms with Crippen LogP contribution >= 0.6 is 0 Å². The van der Waals surface area contributed by atoms with E-state index in [4.69, 9.17) is 5.73 Å². The first-order valence-corrected chi connectivity index (χ1v) is 6.20. The molecule has 0 aromatic heterocycles. The van der Waals surface area contributed by atoms with Gasteiger partial charge in [-0.05, 0) is 42.3 Å². The van der Waals surface area contributed by atoms with Crippen molar-refractivity contribution < 1.29 is 9.18 Å². The van der Waals surface area contributed by atoms with Gasteiger partial charge in [0.05, 0.1) is 11.4 Å². The van der Waals surface area contributed by atoms with Gasteiger partial charge < -0.3 is 16.4 Å². The Morgan fingerprint density at radius 3 is 2.75 bits per heavy atom. The molecule has 0 fully saturated rings. The number of aryl methyl sites for hydroxylation is 1. The van der Waals surface area contributed by atoms with E-state index in [1.165, 1.54) is 12.1 Å². The van der Waals surface area contributed by atoms with Gasteiger partial charge in [0, 0.05) is 6.54 Å². The largest absolute Gasteiger partial charge is 0.397 e. The van der Waals surface area contributed by atoms with Gasteiger partial charge >= 0.3 is 6.03 Å². The standard InChI is InChI=1S/C15H16FN3O/c1-10-5-6-14(13(17)7-10)19-15(20)18-9-11-3-2-4-12(16)8-11/h2-8H,9,17H2,1H3,(H2,18,19,20). The molecule has 4 N–H and O–H groups in total. The normalized spacial score (nSPS) is 10.1. The number of benzene rings is 2. The Labute approximate surface area is 116 Å². The van der Waals surface area contributed by atoms with Crippen LogP contribution in [0.25, 0.3) is 0 Å². The fraction of sp³-hybridized carbons (Fsp3) is 0.133. The fourth-order valence-corrected chi connectivity index (χ4v) is 1.79. The summed E-state index contributed by atoms with van der Waals surface area (Å²) in [4.78, 5) is 11.7. The van der Waals surface area contributed by atoms with E-state index < -0.39 is 0 Å². The maximum atomic E-state index is 13.0. The van der Waals surface area contributed by atoms with Gasteiger partial charge in [-0.25, -0.2) is 9.18 Å². The lowest BCUT2D eigenvalue weighted by Crippen LogP contribution is -2.28. The van der Waals surface area contributed by atoms with Gasteiger partial charge in [0.1, 0.15) is 5.82 Å². The monoisotopic (exact) mass is 273 g/mol. The van der Waals surface area contributed by atoms with Crippen molar-refractivity contribution in [3.8, 4) is 0 Å². The summed E-state index contributed by atoms with van der Waals surface area (Å²) in [5.41, 5.74) is 8.57. The third-order valence-electron chi connectivity index (χ3n) is 2.80. The summed E-state index contributed by atoms with van der Waals surface area (Å²) in [6.07, 6.45) is 0. The molecule has 20 heavy (non-hydrogen) atoms. The van der Waals surface area contributed by atoms with Gasteiger partial charge in [0.2, 0.25) is 0 Å². The molecular formula is C15H16FN3O. The molecule has 4 nitrogen and oxygen atoms in total. The molecule has 0 aliphatic rings. The van der Waals surface area contributed by atoms with Gasteiger partial charge in [-0.3, -0.25) is 0 Å². The van der Waals surface area contributed by atoms with Gasteiger partial charge in [0.15, 0.2) is 0 Å². The van der Waals surface area contributed by atoms with Crippen molar-refractivity contribution in [2.75, 3.05) is 11.1 Å². The van der Waals surface area contributed by atoms with Crippen molar-refractivity contribution in [1.82, 2.24) is 5.32 Å². The van der Waals surface area contributed by atoms with Crippen LogP contribution in [0.3, 0.4) is 0 Å². The number of rotatable bonds is 3. The predicted molar refractivity (Wildman–Crippen MR) is 77.8 cm³/mol. The molecule has 2 aromatic carbocycles. The first-order valence-electron chi connectivity index (χ1n) is 6.20. The van der Waals surface area contributed by atoms with Crippen molar-refractivity contribution in [1.29, 1.82) is 0 Å². The van der Waals surface area contributed by atoms with Gasteiger partial charge in [-0.1, -0.05) is 18.2 Å². The van der Waals surface area contributed by atoms with E-state index in [1.54, 1.807) is 24.3 Å². The van der Waals surface area contributed by atoms with Gasteiger partial charge in [0.25, 0.3) is 0 Å². The number of nitrogens with one attached hydrogen (secondary N) is 2. The number of hydrogen-bond acceptors (Lipinski definition) is 2. The lowest BCUT2D eigenvalue weighted by Gasteiger charge is -2.10. The fourth-order valence-electron chi connectivity index (χ4n) is 1.79. The molecule has 0 radical (unpaired) electrons. The molecule has 0 bridgehead atoms.